The Kier molecular flexibility index (Phi) is 11.9. The topological polar surface area (TPSA) is 38.7 Å². The molecule has 0 bridgehead atoms. The van der Waals surface area contributed by atoms with Crippen molar-refractivity contribution in [3.05, 3.63) is 12.7 Å². The van der Waals surface area contributed by atoms with Gasteiger partial charge >= 0.3 is 0 Å². The van der Waals surface area contributed by atoms with Crippen molar-refractivity contribution in [3.8, 4) is 12.3 Å². The molecule has 0 fully saturated rings. The van der Waals surface area contributed by atoms with E-state index in [1.165, 1.54) is 0 Å². The van der Waals surface area contributed by atoms with Crippen LogP contribution < -0.4 is 0 Å². The van der Waals surface area contributed by atoms with Gasteiger partial charge in [0.2, 0.25) is 8.32 Å². The number of aliphatic hydroxyl groups is 1. The second-order valence-electron chi connectivity index (χ2n) is 11.2. The summed E-state index contributed by atoms with van der Waals surface area (Å²) in [5.41, 5.74) is 1.42. The highest BCUT2D eigenvalue weighted by atomic mass is 28.4. The predicted octanol–water partition coefficient (Wildman–Crippen LogP) is 7.29. The molecule has 0 unspecified atom stereocenters. The zero-order valence-electron chi connectivity index (χ0n) is 21.7. The van der Waals surface area contributed by atoms with E-state index in [9.17, 15) is 5.11 Å². The van der Waals surface area contributed by atoms with Crippen molar-refractivity contribution >= 4 is 16.6 Å². The van der Waals surface area contributed by atoms with Crippen molar-refractivity contribution in [3.63, 3.8) is 0 Å². The summed E-state index contributed by atoms with van der Waals surface area (Å²) in [7, 11) is -4.11. The molecule has 3 atom stereocenters. The Morgan fingerprint density at radius 2 is 1.43 bits per heavy atom. The molecule has 0 aromatic carbocycles. The molecule has 0 saturated heterocycles. The van der Waals surface area contributed by atoms with Crippen molar-refractivity contribution in [2.24, 2.45) is 0 Å². The van der Waals surface area contributed by atoms with Crippen molar-refractivity contribution in [2.75, 3.05) is 0 Å². The Bertz CT molecular complexity index is 534. The first kappa shape index (κ1) is 29.6. The third-order valence-corrected chi connectivity index (χ3v) is 17.6. The largest absolute Gasteiger partial charge is 0.414 e. The fourth-order valence-corrected chi connectivity index (χ4v) is 11.3. The summed E-state index contributed by atoms with van der Waals surface area (Å²) >= 11 is 0. The SMILES string of the molecule is C#C[C@H](C[C@@H](C[C@@H](O)CC=C)O[Si](C)(C)C(C)(C)C)O[Si](C(C)C)(C(C)C)C(C)C. The van der Waals surface area contributed by atoms with E-state index in [-0.39, 0.29) is 17.2 Å². The Hall–Kier alpha value is -0.386. The minimum absolute atomic E-state index is 0.0907. The van der Waals surface area contributed by atoms with E-state index in [4.69, 9.17) is 15.3 Å². The minimum Gasteiger partial charge on any atom is -0.414 e. The lowest BCUT2D eigenvalue weighted by atomic mass is 10.0. The highest BCUT2D eigenvalue weighted by Gasteiger charge is 2.47. The van der Waals surface area contributed by atoms with Crippen LogP contribution in [0.4, 0.5) is 0 Å². The van der Waals surface area contributed by atoms with Crippen LogP contribution in [0.5, 0.6) is 0 Å². The Balaban J connectivity index is 5.80. The molecule has 1 N–H and O–H groups in total. The van der Waals surface area contributed by atoms with Crippen LogP contribution in [-0.4, -0.2) is 40.1 Å². The first-order chi connectivity index (χ1) is 13.5. The van der Waals surface area contributed by atoms with Gasteiger partial charge in [-0.3, -0.25) is 0 Å². The van der Waals surface area contributed by atoms with Gasteiger partial charge < -0.3 is 14.0 Å². The van der Waals surface area contributed by atoms with Crippen molar-refractivity contribution in [2.45, 2.75) is 135 Å². The molecule has 0 aromatic heterocycles. The van der Waals surface area contributed by atoms with Crippen LogP contribution in [0, 0.1) is 12.3 Å². The quantitative estimate of drug-likeness (QED) is 0.180. The molecule has 0 heterocycles. The van der Waals surface area contributed by atoms with Gasteiger partial charge in [-0.25, -0.2) is 0 Å². The molecule has 0 aliphatic heterocycles. The van der Waals surface area contributed by atoms with Crippen LogP contribution in [0.1, 0.15) is 81.6 Å². The normalized spacial score (nSPS) is 16.6. The summed E-state index contributed by atoms with van der Waals surface area (Å²) in [6.45, 7) is 28.6. The maximum atomic E-state index is 10.5. The smallest absolute Gasteiger partial charge is 0.202 e. The lowest BCUT2D eigenvalue weighted by Gasteiger charge is -2.45. The maximum absolute atomic E-state index is 10.5. The van der Waals surface area contributed by atoms with Crippen LogP contribution in [0.25, 0.3) is 0 Å². The number of hydrogen-bond acceptors (Lipinski definition) is 3. The Labute approximate surface area is 190 Å². The molecule has 176 valence electrons. The van der Waals surface area contributed by atoms with Gasteiger partial charge in [-0.2, -0.15) is 0 Å². The number of hydrogen-bond donors (Lipinski definition) is 1. The molecule has 30 heavy (non-hydrogen) atoms. The molecule has 5 heteroatoms. The Morgan fingerprint density at radius 1 is 0.967 bits per heavy atom. The van der Waals surface area contributed by atoms with Crippen LogP contribution in [0.15, 0.2) is 12.7 Å². The fourth-order valence-electron chi connectivity index (χ4n) is 4.42. The van der Waals surface area contributed by atoms with Gasteiger partial charge in [-0.05, 0) is 47.6 Å². The Morgan fingerprint density at radius 3 is 1.77 bits per heavy atom. The fraction of sp³-hybridized carbons (Fsp3) is 0.840. The predicted molar refractivity (Wildman–Crippen MR) is 137 cm³/mol. The van der Waals surface area contributed by atoms with Gasteiger partial charge in [0.15, 0.2) is 8.32 Å². The zero-order chi connectivity index (χ0) is 23.9. The van der Waals surface area contributed by atoms with Gasteiger partial charge in [-0.15, -0.1) is 13.0 Å². The van der Waals surface area contributed by atoms with Gasteiger partial charge in [-0.1, -0.05) is 74.3 Å². The molecule has 0 amide bonds. The molecule has 0 radical (unpaired) electrons. The summed E-state index contributed by atoms with van der Waals surface area (Å²) in [6, 6.07) is 0. The highest BCUT2D eigenvalue weighted by Crippen LogP contribution is 2.44. The van der Waals surface area contributed by atoms with Gasteiger partial charge in [0.1, 0.15) is 6.10 Å². The average Bonchev–Trinajstić information content (AvgIpc) is 2.55. The van der Waals surface area contributed by atoms with E-state index in [1.54, 1.807) is 6.08 Å². The molecule has 0 aromatic rings. The van der Waals surface area contributed by atoms with Crippen LogP contribution in [0.3, 0.4) is 0 Å². The monoisotopic (exact) mass is 454 g/mol. The van der Waals surface area contributed by atoms with E-state index in [0.717, 1.165) is 0 Å². The first-order valence-electron chi connectivity index (χ1n) is 11.7. The second kappa shape index (κ2) is 12.0. The molecule has 0 aliphatic carbocycles. The van der Waals surface area contributed by atoms with Gasteiger partial charge in [0.25, 0.3) is 0 Å². The van der Waals surface area contributed by atoms with Gasteiger partial charge in [0, 0.05) is 6.42 Å². The van der Waals surface area contributed by atoms with Crippen LogP contribution >= 0.6 is 0 Å². The summed E-state index contributed by atoms with van der Waals surface area (Å²) in [4.78, 5) is 0. The number of rotatable bonds is 13. The van der Waals surface area contributed by atoms with Gasteiger partial charge in [0.05, 0.1) is 12.2 Å². The molecule has 0 saturated carbocycles. The van der Waals surface area contributed by atoms with E-state index in [1.807, 2.05) is 0 Å². The summed E-state index contributed by atoms with van der Waals surface area (Å²) in [5.74, 6) is 2.93. The van der Waals surface area contributed by atoms with Crippen molar-refractivity contribution < 1.29 is 14.0 Å². The lowest BCUT2D eigenvalue weighted by molar-refractivity contribution is 0.0618. The minimum atomic E-state index is -2.09. The van der Waals surface area contributed by atoms with E-state index in [2.05, 4.69) is 87.9 Å². The number of aliphatic hydroxyl groups excluding tert-OH is 1. The van der Waals surface area contributed by atoms with Crippen LogP contribution in [0.2, 0.25) is 34.8 Å². The van der Waals surface area contributed by atoms with Crippen molar-refractivity contribution in [1.82, 2.24) is 0 Å². The van der Waals surface area contributed by atoms with Crippen molar-refractivity contribution in [1.29, 1.82) is 0 Å². The zero-order valence-corrected chi connectivity index (χ0v) is 23.7. The average molecular weight is 455 g/mol. The third kappa shape index (κ3) is 7.95. The lowest BCUT2D eigenvalue weighted by Crippen LogP contribution is -2.51. The summed E-state index contributed by atoms with van der Waals surface area (Å²) < 4.78 is 13.6. The standard InChI is InChI=1S/C25H50O3Si2/c1-14-16-22(26)17-24(27-29(12,13)25(9,10)11)18-23(15-2)28-30(19(3)4,20(5)6)21(7)8/h2,14,19-24,26H,1,16-18H2,3-13H3/t22-,23+,24+/m0/s1. The number of terminal acetylenes is 1. The summed E-state index contributed by atoms with van der Waals surface area (Å²) in [6.07, 6.45) is 8.59. The third-order valence-electron chi connectivity index (χ3n) is 6.96. The van der Waals surface area contributed by atoms with Crippen LogP contribution in [-0.2, 0) is 8.85 Å². The maximum Gasteiger partial charge on any atom is 0.202 e. The molecular weight excluding hydrogens is 404 g/mol. The highest BCUT2D eigenvalue weighted by molar-refractivity contribution is 6.77. The molecular formula is C25H50O3Si2. The first-order valence-corrected chi connectivity index (χ1v) is 16.7. The molecule has 0 rings (SSSR count). The second-order valence-corrected chi connectivity index (χ2v) is 21.4. The van der Waals surface area contributed by atoms with E-state index < -0.39 is 22.7 Å². The van der Waals surface area contributed by atoms with E-state index >= 15 is 0 Å². The molecule has 0 spiro atoms. The molecule has 3 nitrogen and oxygen atoms in total. The van der Waals surface area contributed by atoms with E-state index in [0.29, 0.717) is 35.9 Å². The molecule has 0 aliphatic rings. The summed E-state index contributed by atoms with van der Waals surface area (Å²) in [5, 5.41) is 10.6.